The highest BCUT2D eigenvalue weighted by Crippen LogP contribution is 2.14. The molecule has 1 aromatic carbocycles. The van der Waals surface area contributed by atoms with E-state index in [-0.39, 0.29) is 30.4 Å². The van der Waals surface area contributed by atoms with Crippen molar-refractivity contribution in [3.8, 4) is 5.75 Å². The second-order valence-electron chi connectivity index (χ2n) is 9.61. The number of aromatic hydroxyl groups is 1. The molecule has 0 radical (unpaired) electrons. The average Bonchev–Trinajstić information content (AvgIpc) is 2.81. The van der Waals surface area contributed by atoms with Crippen molar-refractivity contribution in [2.24, 2.45) is 23.3 Å². The van der Waals surface area contributed by atoms with E-state index in [4.69, 9.17) is 11.5 Å². The van der Waals surface area contributed by atoms with Crippen LogP contribution in [0, 0.1) is 11.8 Å². The minimum Gasteiger partial charge on any atom is -0.508 e. The summed E-state index contributed by atoms with van der Waals surface area (Å²) in [4.78, 5) is 61.7. The van der Waals surface area contributed by atoms with Crippen LogP contribution < -0.4 is 27.4 Å². The van der Waals surface area contributed by atoms with Gasteiger partial charge in [-0.1, -0.05) is 46.2 Å². The summed E-state index contributed by atoms with van der Waals surface area (Å²) in [6.07, 6.45) is 0.302. The van der Waals surface area contributed by atoms with E-state index >= 15 is 0 Å². The molecule has 0 fully saturated rings. The van der Waals surface area contributed by atoms with E-state index in [0.29, 0.717) is 12.0 Å². The molecular weight excluding hydrogens is 482 g/mol. The van der Waals surface area contributed by atoms with Crippen LogP contribution in [0.5, 0.6) is 5.75 Å². The topological polar surface area (TPSA) is 214 Å². The van der Waals surface area contributed by atoms with Gasteiger partial charge in [-0.05, 0) is 36.0 Å². The fourth-order valence-electron chi connectivity index (χ4n) is 3.58. The SMILES string of the molecule is CCC(C)C(NC(=O)C(CC(C)C)NC(=O)C(N)CC(N)=O)C(=O)NC(Cc1ccc(O)cc1)C(=O)O. The summed E-state index contributed by atoms with van der Waals surface area (Å²) < 4.78 is 0. The highest BCUT2D eigenvalue weighted by molar-refractivity contribution is 5.95. The molecule has 12 heteroatoms. The van der Waals surface area contributed by atoms with Crippen LogP contribution in [0.25, 0.3) is 0 Å². The Balaban J connectivity index is 3.04. The maximum absolute atomic E-state index is 13.2. The van der Waals surface area contributed by atoms with Gasteiger partial charge in [0.15, 0.2) is 0 Å². The predicted octanol–water partition coefficient (Wildman–Crippen LogP) is -0.231. The zero-order valence-corrected chi connectivity index (χ0v) is 21.7. The lowest BCUT2D eigenvalue weighted by atomic mass is 9.96. The van der Waals surface area contributed by atoms with Crippen molar-refractivity contribution < 1.29 is 34.2 Å². The normalized spacial score (nSPS) is 15.1. The third kappa shape index (κ3) is 10.9. The Morgan fingerprint density at radius 1 is 0.892 bits per heavy atom. The molecule has 0 spiro atoms. The number of benzene rings is 1. The van der Waals surface area contributed by atoms with Crippen LogP contribution in [0.3, 0.4) is 0 Å². The van der Waals surface area contributed by atoms with Gasteiger partial charge < -0.3 is 37.6 Å². The molecule has 0 aliphatic heterocycles. The number of carbonyl (C=O) groups excluding carboxylic acids is 4. The number of nitrogens with two attached hydrogens (primary N) is 2. The Bertz CT molecular complexity index is 951. The third-order valence-corrected chi connectivity index (χ3v) is 5.88. The lowest BCUT2D eigenvalue weighted by Crippen LogP contribution is -2.59. The van der Waals surface area contributed by atoms with Crippen LogP contribution in [0.15, 0.2) is 24.3 Å². The fraction of sp³-hybridized carbons (Fsp3) is 0.560. The van der Waals surface area contributed by atoms with Crippen molar-refractivity contribution in [2.75, 3.05) is 0 Å². The summed E-state index contributed by atoms with van der Waals surface area (Å²) in [6, 6.07) is 1.29. The molecule has 5 unspecified atom stereocenters. The maximum Gasteiger partial charge on any atom is 0.326 e. The van der Waals surface area contributed by atoms with Crippen molar-refractivity contribution in [1.29, 1.82) is 0 Å². The Labute approximate surface area is 216 Å². The molecule has 0 aromatic heterocycles. The highest BCUT2D eigenvalue weighted by Gasteiger charge is 2.33. The molecule has 0 bridgehead atoms. The smallest absolute Gasteiger partial charge is 0.326 e. The number of amides is 4. The van der Waals surface area contributed by atoms with Gasteiger partial charge in [-0.25, -0.2) is 4.79 Å². The third-order valence-electron chi connectivity index (χ3n) is 5.88. The van der Waals surface area contributed by atoms with Crippen molar-refractivity contribution in [1.82, 2.24) is 16.0 Å². The van der Waals surface area contributed by atoms with Crippen molar-refractivity contribution in [3.63, 3.8) is 0 Å². The molecular formula is C25H39N5O7. The quantitative estimate of drug-likeness (QED) is 0.163. The fourth-order valence-corrected chi connectivity index (χ4v) is 3.58. The molecule has 4 amide bonds. The number of nitrogens with one attached hydrogen (secondary N) is 3. The minimum absolute atomic E-state index is 0.0130. The monoisotopic (exact) mass is 521 g/mol. The first-order valence-corrected chi connectivity index (χ1v) is 12.2. The summed E-state index contributed by atoms with van der Waals surface area (Å²) in [5.41, 5.74) is 11.4. The second-order valence-corrected chi connectivity index (χ2v) is 9.61. The van der Waals surface area contributed by atoms with E-state index in [0.717, 1.165) is 0 Å². The number of carboxylic acid groups (broad SMARTS) is 1. The Kier molecular flexibility index (Phi) is 12.5. The van der Waals surface area contributed by atoms with Gasteiger partial charge >= 0.3 is 5.97 Å². The van der Waals surface area contributed by atoms with E-state index < -0.39 is 60.2 Å². The molecule has 37 heavy (non-hydrogen) atoms. The largest absolute Gasteiger partial charge is 0.508 e. The summed E-state index contributed by atoms with van der Waals surface area (Å²) >= 11 is 0. The number of aliphatic carboxylic acids is 1. The number of carbonyl (C=O) groups is 5. The molecule has 1 rings (SSSR count). The van der Waals surface area contributed by atoms with E-state index in [1.807, 2.05) is 20.8 Å². The summed E-state index contributed by atoms with van der Waals surface area (Å²) in [5.74, 6) is -4.43. The molecule has 9 N–H and O–H groups in total. The summed E-state index contributed by atoms with van der Waals surface area (Å²) in [5, 5.41) is 26.7. The molecule has 206 valence electrons. The molecule has 12 nitrogen and oxygen atoms in total. The summed E-state index contributed by atoms with van der Waals surface area (Å²) in [6.45, 7) is 7.24. The summed E-state index contributed by atoms with van der Waals surface area (Å²) in [7, 11) is 0. The predicted molar refractivity (Wildman–Crippen MR) is 136 cm³/mol. The van der Waals surface area contributed by atoms with Gasteiger partial charge in [0.2, 0.25) is 23.6 Å². The first-order valence-electron chi connectivity index (χ1n) is 12.2. The maximum atomic E-state index is 13.2. The number of hydrogen-bond acceptors (Lipinski definition) is 7. The van der Waals surface area contributed by atoms with Gasteiger partial charge in [-0.2, -0.15) is 0 Å². The van der Waals surface area contributed by atoms with E-state index in [9.17, 15) is 34.2 Å². The Morgan fingerprint density at radius 2 is 1.46 bits per heavy atom. The van der Waals surface area contributed by atoms with Crippen molar-refractivity contribution >= 4 is 29.6 Å². The number of phenolic OH excluding ortho intramolecular Hbond substituents is 1. The van der Waals surface area contributed by atoms with Crippen LogP contribution in [0.4, 0.5) is 0 Å². The van der Waals surface area contributed by atoms with Gasteiger partial charge in [0, 0.05) is 6.42 Å². The molecule has 0 aliphatic carbocycles. The molecule has 0 saturated carbocycles. The molecule has 0 aliphatic rings. The van der Waals surface area contributed by atoms with E-state index in [1.165, 1.54) is 12.1 Å². The number of rotatable bonds is 15. The second kappa shape index (κ2) is 14.8. The van der Waals surface area contributed by atoms with Crippen LogP contribution in [0.2, 0.25) is 0 Å². The lowest BCUT2D eigenvalue weighted by molar-refractivity contribution is -0.142. The highest BCUT2D eigenvalue weighted by atomic mass is 16.4. The van der Waals surface area contributed by atoms with Gasteiger partial charge in [0.25, 0.3) is 0 Å². The first kappa shape index (κ1) is 31.4. The van der Waals surface area contributed by atoms with Crippen LogP contribution in [-0.4, -0.2) is 64.0 Å². The van der Waals surface area contributed by atoms with Gasteiger partial charge in [0.05, 0.1) is 12.5 Å². The number of phenols is 1. The average molecular weight is 522 g/mol. The van der Waals surface area contributed by atoms with Crippen LogP contribution in [0.1, 0.15) is 52.5 Å². The molecule has 0 saturated heterocycles. The van der Waals surface area contributed by atoms with Gasteiger partial charge in [-0.15, -0.1) is 0 Å². The van der Waals surface area contributed by atoms with E-state index in [1.54, 1.807) is 19.1 Å². The molecule has 5 atom stereocenters. The standard InChI is InChI=1S/C25H39N5O7/c1-5-14(4)21(24(35)29-19(25(36)37)11-15-6-8-16(31)9-7-15)30-23(34)18(10-13(2)3)28-22(33)17(26)12-20(27)32/h6-9,13-14,17-19,21,31H,5,10-12,26H2,1-4H3,(H2,27,32)(H,28,33)(H,29,35)(H,30,34)(H,36,37). The Morgan fingerprint density at radius 3 is 1.95 bits per heavy atom. The minimum atomic E-state index is -1.28. The zero-order valence-electron chi connectivity index (χ0n) is 21.7. The van der Waals surface area contributed by atoms with Gasteiger partial charge in [0.1, 0.15) is 23.9 Å². The van der Waals surface area contributed by atoms with Crippen molar-refractivity contribution in [3.05, 3.63) is 29.8 Å². The first-order chi connectivity index (χ1) is 17.2. The number of carboxylic acids is 1. The number of primary amides is 1. The van der Waals surface area contributed by atoms with E-state index in [2.05, 4.69) is 16.0 Å². The Hall–Kier alpha value is -3.67. The van der Waals surface area contributed by atoms with Crippen LogP contribution >= 0.6 is 0 Å². The molecule has 0 heterocycles. The van der Waals surface area contributed by atoms with Crippen molar-refractivity contribution in [2.45, 2.75) is 77.5 Å². The van der Waals surface area contributed by atoms with Gasteiger partial charge in [-0.3, -0.25) is 19.2 Å². The lowest BCUT2D eigenvalue weighted by Gasteiger charge is -2.28. The molecule has 1 aromatic rings. The zero-order chi connectivity index (χ0) is 28.3. The number of hydrogen-bond donors (Lipinski definition) is 7. The van der Waals surface area contributed by atoms with Crippen LogP contribution in [-0.2, 0) is 30.4 Å².